The Balaban J connectivity index is 0.00000576. The zero-order valence-corrected chi connectivity index (χ0v) is 17.7. The van der Waals surface area contributed by atoms with Crippen LogP contribution in [0.15, 0.2) is 29.3 Å². The molecule has 0 radical (unpaired) electrons. The molecule has 1 atom stereocenters. The standard InChI is InChI=1S/C18H30FN3O2.HI/c1-4-5-12-24-13-6-11-21-18(20-2)22-14-17(23-3)15-7-9-16(19)10-8-15;/h7-10,17H,4-6,11-14H2,1-3H3,(H2,20,21,22);1H. The third-order valence-corrected chi connectivity index (χ3v) is 3.60. The predicted molar refractivity (Wildman–Crippen MR) is 111 cm³/mol. The molecule has 0 saturated carbocycles. The first-order chi connectivity index (χ1) is 11.7. The number of nitrogens with zero attached hydrogens (tertiary/aromatic N) is 1. The van der Waals surface area contributed by atoms with Gasteiger partial charge in [-0.3, -0.25) is 4.99 Å². The summed E-state index contributed by atoms with van der Waals surface area (Å²) in [7, 11) is 3.37. The maximum atomic E-state index is 13.0. The summed E-state index contributed by atoms with van der Waals surface area (Å²) >= 11 is 0. The molecule has 7 heteroatoms. The van der Waals surface area contributed by atoms with Gasteiger partial charge in [0, 0.05) is 40.5 Å². The molecule has 25 heavy (non-hydrogen) atoms. The first-order valence-electron chi connectivity index (χ1n) is 8.51. The van der Waals surface area contributed by atoms with Crippen molar-refractivity contribution in [3.8, 4) is 0 Å². The van der Waals surface area contributed by atoms with E-state index in [-0.39, 0.29) is 35.9 Å². The monoisotopic (exact) mass is 467 g/mol. The molecule has 0 fully saturated rings. The first-order valence-corrected chi connectivity index (χ1v) is 8.51. The molecule has 5 nitrogen and oxygen atoms in total. The second-order valence-electron chi connectivity index (χ2n) is 5.48. The molecule has 1 rings (SSSR count). The Bertz CT molecular complexity index is 472. The van der Waals surface area contributed by atoms with Gasteiger partial charge in [0.05, 0.1) is 6.10 Å². The number of nitrogens with one attached hydrogen (secondary N) is 2. The minimum atomic E-state index is -0.250. The Hall–Kier alpha value is -0.930. The second-order valence-corrected chi connectivity index (χ2v) is 5.48. The Kier molecular flexibility index (Phi) is 14.8. The zero-order valence-electron chi connectivity index (χ0n) is 15.4. The van der Waals surface area contributed by atoms with E-state index in [4.69, 9.17) is 9.47 Å². The van der Waals surface area contributed by atoms with E-state index < -0.39 is 0 Å². The number of guanidine groups is 1. The molecule has 0 aromatic heterocycles. The van der Waals surface area contributed by atoms with Crippen molar-refractivity contribution in [1.29, 1.82) is 0 Å². The molecular weight excluding hydrogens is 436 g/mol. The number of halogens is 2. The normalized spacial score (nSPS) is 12.4. The van der Waals surface area contributed by atoms with Crippen LogP contribution in [0.3, 0.4) is 0 Å². The van der Waals surface area contributed by atoms with Crippen LogP contribution in [-0.2, 0) is 9.47 Å². The van der Waals surface area contributed by atoms with Gasteiger partial charge in [0.1, 0.15) is 5.82 Å². The van der Waals surface area contributed by atoms with Crippen molar-refractivity contribution in [2.75, 3.05) is 40.5 Å². The number of methoxy groups -OCH3 is 1. The summed E-state index contributed by atoms with van der Waals surface area (Å²) in [6, 6.07) is 6.34. The summed E-state index contributed by atoms with van der Waals surface area (Å²) in [5.41, 5.74) is 0.922. The molecule has 144 valence electrons. The Morgan fingerprint density at radius 1 is 1.16 bits per heavy atom. The van der Waals surface area contributed by atoms with Crippen LogP contribution in [0.25, 0.3) is 0 Å². The highest BCUT2D eigenvalue weighted by atomic mass is 127. The fraction of sp³-hybridized carbons (Fsp3) is 0.611. The van der Waals surface area contributed by atoms with Crippen LogP contribution in [0.2, 0.25) is 0 Å². The number of hydrogen-bond donors (Lipinski definition) is 2. The maximum absolute atomic E-state index is 13.0. The molecule has 0 saturated heterocycles. The highest BCUT2D eigenvalue weighted by molar-refractivity contribution is 14.0. The molecule has 0 heterocycles. The maximum Gasteiger partial charge on any atom is 0.191 e. The minimum Gasteiger partial charge on any atom is -0.381 e. The Labute approximate surface area is 167 Å². The average Bonchev–Trinajstić information content (AvgIpc) is 2.61. The molecule has 0 amide bonds. The fourth-order valence-electron chi connectivity index (χ4n) is 2.15. The molecule has 0 aliphatic carbocycles. The van der Waals surface area contributed by atoms with E-state index >= 15 is 0 Å². The largest absolute Gasteiger partial charge is 0.381 e. The summed E-state index contributed by atoms with van der Waals surface area (Å²) in [5, 5.41) is 6.47. The summed E-state index contributed by atoms with van der Waals surface area (Å²) in [4.78, 5) is 4.19. The number of benzene rings is 1. The van der Waals surface area contributed by atoms with Gasteiger partial charge in [-0.05, 0) is 30.5 Å². The lowest BCUT2D eigenvalue weighted by molar-refractivity contribution is 0.106. The van der Waals surface area contributed by atoms with Crippen molar-refractivity contribution in [2.45, 2.75) is 32.3 Å². The molecule has 0 spiro atoms. The van der Waals surface area contributed by atoms with Gasteiger partial charge in [-0.25, -0.2) is 4.39 Å². The average molecular weight is 467 g/mol. The van der Waals surface area contributed by atoms with Crippen LogP contribution < -0.4 is 10.6 Å². The lowest BCUT2D eigenvalue weighted by Gasteiger charge is -2.18. The summed E-state index contributed by atoms with van der Waals surface area (Å²) in [6.07, 6.45) is 3.03. The number of ether oxygens (including phenoxy) is 2. The second kappa shape index (κ2) is 15.3. The van der Waals surface area contributed by atoms with E-state index in [9.17, 15) is 4.39 Å². The fourth-order valence-corrected chi connectivity index (χ4v) is 2.15. The van der Waals surface area contributed by atoms with E-state index in [0.717, 1.165) is 44.6 Å². The van der Waals surface area contributed by atoms with Crippen LogP contribution in [0.1, 0.15) is 37.9 Å². The molecule has 0 bridgehead atoms. The van der Waals surface area contributed by atoms with Gasteiger partial charge in [-0.2, -0.15) is 0 Å². The minimum absolute atomic E-state index is 0. The van der Waals surface area contributed by atoms with E-state index in [1.807, 2.05) is 0 Å². The van der Waals surface area contributed by atoms with Crippen molar-refractivity contribution in [2.24, 2.45) is 4.99 Å². The van der Waals surface area contributed by atoms with Crippen LogP contribution in [0, 0.1) is 5.82 Å². The van der Waals surface area contributed by atoms with Crippen LogP contribution in [-0.4, -0.2) is 46.4 Å². The smallest absolute Gasteiger partial charge is 0.191 e. The van der Waals surface area contributed by atoms with E-state index in [0.29, 0.717) is 12.5 Å². The van der Waals surface area contributed by atoms with Gasteiger partial charge in [0.25, 0.3) is 0 Å². The number of aliphatic imine (C=N–C) groups is 1. The van der Waals surface area contributed by atoms with Crippen molar-refractivity contribution >= 4 is 29.9 Å². The highest BCUT2D eigenvalue weighted by Crippen LogP contribution is 2.15. The summed E-state index contributed by atoms with van der Waals surface area (Å²) in [6.45, 7) is 5.07. The number of unbranched alkanes of at least 4 members (excludes halogenated alkanes) is 1. The Morgan fingerprint density at radius 3 is 2.44 bits per heavy atom. The van der Waals surface area contributed by atoms with Crippen molar-refractivity contribution in [3.63, 3.8) is 0 Å². The lowest BCUT2D eigenvalue weighted by Crippen LogP contribution is -2.40. The SMILES string of the molecule is CCCCOCCCNC(=NC)NCC(OC)c1ccc(F)cc1.I. The summed E-state index contributed by atoms with van der Waals surface area (Å²) < 4.78 is 24.0. The van der Waals surface area contributed by atoms with Crippen molar-refractivity contribution < 1.29 is 13.9 Å². The topological polar surface area (TPSA) is 54.9 Å². The van der Waals surface area contributed by atoms with Crippen molar-refractivity contribution in [3.05, 3.63) is 35.6 Å². The molecule has 1 aromatic carbocycles. The van der Waals surface area contributed by atoms with Crippen LogP contribution in [0.5, 0.6) is 0 Å². The van der Waals surface area contributed by atoms with E-state index in [1.165, 1.54) is 12.1 Å². The van der Waals surface area contributed by atoms with E-state index in [2.05, 4.69) is 22.5 Å². The highest BCUT2D eigenvalue weighted by Gasteiger charge is 2.11. The Morgan fingerprint density at radius 2 is 1.84 bits per heavy atom. The van der Waals surface area contributed by atoms with Crippen molar-refractivity contribution in [1.82, 2.24) is 10.6 Å². The molecule has 1 aromatic rings. The first kappa shape index (κ1) is 24.1. The predicted octanol–water partition coefficient (Wildman–Crippen LogP) is 3.50. The van der Waals surface area contributed by atoms with Gasteiger partial charge in [0.2, 0.25) is 0 Å². The van der Waals surface area contributed by atoms with Crippen LogP contribution in [0.4, 0.5) is 4.39 Å². The van der Waals surface area contributed by atoms with Gasteiger partial charge >= 0.3 is 0 Å². The quantitative estimate of drug-likeness (QED) is 0.227. The third-order valence-electron chi connectivity index (χ3n) is 3.60. The summed E-state index contributed by atoms with van der Waals surface area (Å²) in [5.74, 6) is 0.466. The van der Waals surface area contributed by atoms with Gasteiger partial charge in [0.15, 0.2) is 5.96 Å². The van der Waals surface area contributed by atoms with Gasteiger partial charge in [-0.15, -0.1) is 24.0 Å². The third kappa shape index (κ3) is 10.6. The molecule has 2 N–H and O–H groups in total. The molecular formula is C18H31FIN3O2. The molecule has 0 aliphatic heterocycles. The number of rotatable bonds is 11. The lowest BCUT2D eigenvalue weighted by atomic mass is 10.1. The zero-order chi connectivity index (χ0) is 17.6. The molecule has 0 aliphatic rings. The van der Waals surface area contributed by atoms with Crippen LogP contribution >= 0.6 is 24.0 Å². The van der Waals surface area contributed by atoms with E-state index in [1.54, 1.807) is 26.3 Å². The molecule has 1 unspecified atom stereocenters. The van der Waals surface area contributed by atoms with Gasteiger partial charge < -0.3 is 20.1 Å². The number of hydrogen-bond acceptors (Lipinski definition) is 3. The van der Waals surface area contributed by atoms with Gasteiger partial charge in [-0.1, -0.05) is 25.5 Å².